The molecule has 0 radical (unpaired) electrons. The van der Waals surface area contributed by atoms with E-state index in [1.807, 2.05) is 6.07 Å². The Hall–Kier alpha value is -1.52. The van der Waals surface area contributed by atoms with Crippen LogP contribution >= 0.6 is 22.6 Å². The molecule has 0 aliphatic carbocycles. The van der Waals surface area contributed by atoms with E-state index in [9.17, 15) is 4.39 Å². The summed E-state index contributed by atoms with van der Waals surface area (Å²) < 4.78 is 28.1. The molecule has 2 aromatic heterocycles. The minimum Gasteiger partial charge on any atom is -0.496 e. The lowest BCUT2D eigenvalue weighted by Gasteiger charge is -2.15. The Morgan fingerprint density at radius 3 is 2.74 bits per heavy atom. The molecule has 8 heteroatoms. The van der Waals surface area contributed by atoms with Crippen LogP contribution in [-0.4, -0.2) is 36.6 Å². The number of benzene rings is 1. The first-order valence-electron chi connectivity index (χ1n) is 8.73. The number of pyridine rings is 1. The van der Waals surface area contributed by atoms with Crippen molar-refractivity contribution in [3.05, 3.63) is 40.0 Å². The number of halogens is 2. The Morgan fingerprint density at radius 1 is 1.26 bits per heavy atom. The minimum atomic E-state index is -1.12. The number of fused-ring (bicyclic) bond motifs is 1. The van der Waals surface area contributed by atoms with Crippen molar-refractivity contribution >= 4 is 41.6 Å². The third-order valence-electron chi connectivity index (χ3n) is 4.25. The van der Waals surface area contributed by atoms with Crippen molar-refractivity contribution in [2.75, 3.05) is 13.7 Å². The van der Waals surface area contributed by atoms with Crippen molar-refractivity contribution in [3.8, 4) is 17.0 Å². The zero-order valence-electron chi connectivity index (χ0n) is 15.9. The van der Waals surface area contributed by atoms with Gasteiger partial charge in [-0.25, -0.2) is 9.07 Å². The molecule has 27 heavy (non-hydrogen) atoms. The highest BCUT2D eigenvalue weighted by atomic mass is 127. The lowest BCUT2D eigenvalue weighted by molar-refractivity contribution is 0.0814. The van der Waals surface area contributed by atoms with Gasteiger partial charge in [0.25, 0.3) is 0 Å². The maximum absolute atomic E-state index is 14.4. The zero-order valence-corrected chi connectivity index (χ0v) is 19.1. The van der Waals surface area contributed by atoms with Gasteiger partial charge in [0.15, 0.2) is 0 Å². The molecule has 0 fully saturated rings. The molecule has 5 nitrogen and oxygen atoms in total. The van der Waals surface area contributed by atoms with Crippen LogP contribution in [0.2, 0.25) is 25.7 Å². The van der Waals surface area contributed by atoms with E-state index >= 15 is 0 Å². The number of methoxy groups -OCH3 is 1. The van der Waals surface area contributed by atoms with E-state index in [2.05, 4.69) is 52.3 Å². The van der Waals surface area contributed by atoms with E-state index in [0.29, 0.717) is 23.7 Å². The fourth-order valence-electron chi connectivity index (χ4n) is 2.72. The maximum Gasteiger partial charge on any atom is 0.140 e. The highest BCUT2D eigenvalue weighted by Gasteiger charge is 2.17. The van der Waals surface area contributed by atoms with Gasteiger partial charge in [-0.2, -0.15) is 5.10 Å². The number of nitrogens with zero attached hydrogens (tertiary/aromatic N) is 3. The zero-order chi connectivity index (χ0) is 19.6. The molecule has 144 valence electrons. The third kappa shape index (κ3) is 4.67. The second-order valence-corrected chi connectivity index (χ2v) is 14.2. The number of ether oxygens (including phenoxy) is 2. The lowest BCUT2D eigenvalue weighted by Crippen LogP contribution is -2.22. The van der Waals surface area contributed by atoms with Crippen molar-refractivity contribution in [2.45, 2.75) is 32.4 Å². The molecular formula is C19H23FIN3O2Si. The average molecular weight is 499 g/mol. The fourth-order valence-corrected chi connectivity index (χ4v) is 4.17. The largest absolute Gasteiger partial charge is 0.496 e. The minimum absolute atomic E-state index is 0.358. The second-order valence-electron chi connectivity index (χ2n) is 7.54. The van der Waals surface area contributed by atoms with Crippen LogP contribution in [0.15, 0.2) is 30.5 Å². The maximum atomic E-state index is 14.4. The van der Waals surface area contributed by atoms with Crippen molar-refractivity contribution in [3.63, 3.8) is 0 Å². The third-order valence-corrected chi connectivity index (χ3v) is 6.75. The summed E-state index contributed by atoms with van der Waals surface area (Å²) in [6.45, 7) is 8.08. The van der Waals surface area contributed by atoms with Crippen LogP contribution in [0.25, 0.3) is 22.2 Å². The van der Waals surface area contributed by atoms with E-state index in [-0.39, 0.29) is 5.82 Å². The van der Waals surface area contributed by atoms with Crippen molar-refractivity contribution < 1.29 is 13.9 Å². The molecule has 0 saturated carbocycles. The van der Waals surface area contributed by atoms with Gasteiger partial charge in [0.2, 0.25) is 0 Å². The van der Waals surface area contributed by atoms with Gasteiger partial charge in [0.1, 0.15) is 22.0 Å². The molecule has 0 unspecified atom stereocenters. The van der Waals surface area contributed by atoms with Crippen LogP contribution in [-0.2, 0) is 11.5 Å². The Labute approximate surface area is 173 Å². The van der Waals surface area contributed by atoms with Gasteiger partial charge in [0.05, 0.1) is 30.1 Å². The average Bonchev–Trinajstić information content (AvgIpc) is 2.93. The number of aromatic nitrogens is 3. The first-order chi connectivity index (χ1) is 12.8. The molecule has 0 bridgehead atoms. The van der Waals surface area contributed by atoms with Crippen LogP contribution in [0.3, 0.4) is 0 Å². The molecule has 2 heterocycles. The Kier molecular flexibility index (Phi) is 6.17. The molecule has 0 amide bonds. The van der Waals surface area contributed by atoms with Crippen molar-refractivity contribution in [1.82, 2.24) is 14.8 Å². The number of hydrogen-bond donors (Lipinski definition) is 0. The lowest BCUT2D eigenvalue weighted by atomic mass is 10.1. The van der Waals surface area contributed by atoms with Gasteiger partial charge in [0, 0.05) is 20.1 Å². The SMILES string of the molecule is COc1cccc(F)c1-c1cc2c(I)nn(COCC[Si](C)(C)C)c2cn1. The molecule has 3 aromatic rings. The summed E-state index contributed by atoms with van der Waals surface area (Å²) >= 11 is 2.18. The molecule has 0 spiro atoms. The molecule has 3 rings (SSSR count). The summed E-state index contributed by atoms with van der Waals surface area (Å²) in [5.74, 6) is 0.0946. The monoisotopic (exact) mass is 499 g/mol. The number of hydrogen-bond acceptors (Lipinski definition) is 4. The molecule has 0 atom stereocenters. The van der Waals surface area contributed by atoms with Crippen LogP contribution in [0, 0.1) is 9.52 Å². The molecule has 0 N–H and O–H groups in total. The summed E-state index contributed by atoms with van der Waals surface area (Å²) in [4.78, 5) is 4.46. The summed E-state index contributed by atoms with van der Waals surface area (Å²) in [5, 5.41) is 5.46. The predicted octanol–water partition coefficient (Wildman–Crippen LogP) is 5.16. The Morgan fingerprint density at radius 2 is 2.04 bits per heavy atom. The van der Waals surface area contributed by atoms with E-state index in [1.165, 1.54) is 13.2 Å². The smallest absolute Gasteiger partial charge is 0.140 e. The van der Waals surface area contributed by atoms with Gasteiger partial charge >= 0.3 is 0 Å². The van der Waals surface area contributed by atoms with Gasteiger partial charge in [-0.3, -0.25) is 4.98 Å². The van der Waals surface area contributed by atoms with Crippen molar-refractivity contribution in [2.24, 2.45) is 0 Å². The number of rotatable bonds is 7. The van der Waals surface area contributed by atoms with E-state index in [1.54, 1.807) is 23.0 Å². The summed E-state index contributed by atoms with van der Waals surface area (Å²) in [5.41, 5.74) is 1.75. The Balaban J connectivity index is 1.89. The molecule has 0 aliphatic heterocycles. The standard InChI is InChI=1S/C19H23FIN3O2Si/c1-25-17-7-5-6-14(20)18(17)15-10-13-16(11-22-15)24(23-19(13)21)12-26-8-9-27(2,3)4/h5-7,10-11H,8-9,12H2,1-4H3. The summed E-state index contributed by atoms with van der Waals surface area (Å²) in [6, 6.07) is 7.72. The topological polar surface area (TPSA) is 49.2 Å². The van der Waals surface area contributed by atoms with E-state index < -0.39 is 8.07 Å². The van der Waals surface area contributed by atoms with Gasteiger partial charge in [-0.1, -0.05) is 25.7 Å². The van der Waals surface area contributed by atoms with Gasteiger partial charge in [-0.15, -0.1) is 0 Å². The fraction of sp³-hybridized carbons (Fsp3) is 0.368. The molecule has 0 aliphatic rings. The first kappa shape index (κ1) is 20.2. The predicted molar refractivity (Wildman–Crippen MR) is 116 cm³/mol. The quantitative estimate of drug-likeness (QED) is 0.256. The van der Waals surface area contributed by atoms with Crippen LogP contribution in [0.1, 0.15) is 0 Å². The van der Waals surface area contributed by atoms with E-state index in [0.717, 1.165) is 27.3 Å². The molecule has 0 saturated heterocycles. The highest BCUT2D eigenvalue weighted by molar-refractivity contribution is 14.1. The van der Waals surface area contributed by atoms with Crippen molar-refractivity contribution in [1.29, 1.82) is 0 Å². The normalized spacial score (nSPS) is 11.9. The summed E-state index contributed by atoms with van der Waals surface area (Å²) in [6.07, 6.45) is 1.72. The highest BCUT2D eigenvalue weighted by Crippen LogP contribution is 2.33. The van der Waals surface area contributed by atoms with Crippen LogP contribution in [0.4, 0.5) is 4.39 Å². The molecule has 1 aromatic carbocycles. The van der Waals surface area contributed by atoms with E-state index in [4.69, 9.17) is 9.47 Å². The van der Waals surface area contributed by atoms with Crippen LogP contribution in [0.5, 0.6) is 5.75 Å². The second kappa shape index (κ2) is 8.23. The van der Waals surface area contributed by atoms with Gasteiger partial charge in [-0.05, 0) is 46.8 Å². The Bertz CT molecular complexity index is 956. The van der Waals surface area contributed by atoms with Gasteiger partial charge < -0.3 is 9.47 Å². The molecular weight excluding hydrogens is 476 g/mol. The summed E-state index contributed by atoms with van der Waals surface area (Å²) in [7, 11) is 0.405. The van der Waals surface area contributed by atoms with Crippen LogP contribution < -0.4 is 4.74 Å². The first-order valence-corrected chi connectivity index (χ1v) is 13.5.